The summed E-state index contributed by atoms with van der Waals surface area (Å²) in [5.74, 6) is 0.825. The van der Waals surface area contributed by atoms with Gasteiger partial charge in [0.25, 0.3) is 0 Å². The van der Waals surface area contributed by atoms with Gasteiger partial charge in [0.15, 0.2) is 5.96 Å². The number of rotatable bonds is 2. The SMILES string of the molecule is CN=C(NC)N(C)Cc1ccc(Cl)c(Cl)c1. The van der Waals surface area contributed by atoms with Crippen molar-refractivity contribution in [2.24, 2.45) is 4.99 Å². The first kappa shape index (κ1) is 13.1. The summed E-state index contributed by atoms with van der Waals surface area (Å²) < 4.78 is 0. The third kappa shape index (κ3) is 3.29. The minimum Gasteiger partial charge on any atom is -0.359 e. The van der Waals surface area contributed by atoms with Crippen molar-refractivity contribution in [1.29, 1.82) is 0 Å². The van der Waals surface area contributed by atoms with Crippen LogP contribution >= 0.6 is 23.2 Å². The Hall–Kier alpha value is -0.930. The lowest BCUT2D eigenvalue weighted by atomic mass is 10.2. The van der Waals surface area contributed by atoms with E-state index in [9.17, 15) is 0 Å². The molecule has 1 rings (SSSR count). The number of hydrogen-bond acceptors (Lipinski definition) is 1. The van der Waals surface area contributed by atoms with Gasteiger partial charge < -0.3 is 10.2 Å². The van der Waals surface area contributed by atoms with Gasteiger partial charge in [-0.3, -0.25) is 4.99 Å². The average Bonchev–Trinajstić information content (AvgIpc) is 2.25. The smallest absolute Gasteiger partial charge is 0.193 e. The zero-order valence-electron chi connectivity index (χ0n) is 9.59. The average molecular weight is 260 g/mol. The molecule has 0 spiro atoms. The molecule has 1 N–H and O–H groups in total. The molecular formula is C11H15Cl2N3. The Labute approximate surface area is 106 Å². The quantitative estimate of drug-likeness (QED) is 0.654. The predicted molar refractivity (Wildman–Crippen MR) is 70.3 cm³/mol. The Bertz CT molecular complexity index is 391. The molecule has 0 saturated heterocycles. The maximum atomic E-state index is 5.95. The molecule has 0 radical (unpaired) electrons. The second-order valence-corrected chi connectivity index (χ2v) is 4.22. The van der Waals surface area contributed by atoms with Gasteiger partial charge in [0, 0.05) is 27.7 Å². The number of halogens is 2. The number of nitrogens with zero attached hydrogens (tertiary/aromatic N) is 2. The Kier molecular flexibility index (Phi) is 4.90. The van der Waals surface area contributed by atoms with Crippen LogP contribution in [0.15, 0.2) is 23.2 Å². The van der Waals surface area contributed by atoms with Gasteiger partial charge in [0.2, 0.25) is 0 Å². The molecule has 0 atom stereocenters. The van der Waals surface area contributed by atoms with E-state index in [1.165, 1.54) is 0 Å². The molecule has 0 unspecified atom stereocenters. The summed E-state index contributed by atoms with van der Waals surface area (Å²) in [7, 11) is 5.55. The minimum atomic E-state index is 0.575. The lowest BCUT2D eigenvalue weighted by Crippen LogP contribution is -2.36. The summed E-state index contributed by atoms with van der Waals surface area (Å²) in [6.07, 6.45) is 0. The van der Waals surface area contributed by atoms with E-state index in [1.54, 1.807) is 13.1 Å². The van der Waals surface area contributed by atoms with Gasteiger partial charge in [-0.15, -0.1) is 0 Å². The zero-order valence-corrected chi connectivity index (χ0v) is 11.1. The summed E-state index contributed by atoms with van der Waals surface area (Å²) >= 11 is 11.8. The third-order valence-corrected chi connectivity index (χ3v) is 2.94. The van der Waals surface area contributed by atoms with E-state index in [4.69, 9.17) is 23.2 Å². The fraction of sp³-hybridized carbons (Fsp3) is 0.364. The van der Waals surface area contributed by atoms with Crippen LogP contribution in [0.3, 0.4) is 0 Å². The first-order valence-corrected chi connectivity index (χ1v) is 5.63. The van der Waals surface area contributed by atoms with Crippen LogP contribution in [0.5, 0.6) is 0 Å². The van der Waals surface area contributed by atoms with E-state index < -0.39 is 0 Å². The van der Waals surface area contributed by atoms with E-state index in [2.05, 4.69) is 10.3 Å². The van der Waals surface area contributed by atoms with E-state index in [0.717, 1.165) is 18.1 Å². The van der Waals surface area contributed by atoms with Crippen LogP contribution in [-0.4, -0.2) is 32.0 Å². The molecule has 0 aliphatic heterocycles. The molecule has 0 heterocycles. The highest BCUT2D eigenvalue weighted by Crippen LogP contribution is 2.23. The number of nitrogens with one attached hydrogen (secondary N) is 1. The van der Waals surface area contributed by atoms with Gasteiger partial charge in [-0.25, -0.2) is 0 Å². The molecule has 0 aliphatic carbocycles. The first-order chi connectivity index (χ1) is 7.58. The second kappa shape index (κ2) is 5.97. The molecule has 5 heteroatoms. The van der Waals surface area contributed by atoms with Crippen molar-refractivity contribution in [3.8, 4) is 0 Å². The Morgan fingerprint density at radius 3 is 2.56 bits per heavy atom. The molecule has 1 aromatic carbocycles. The standard InChI is InChI=1S/C11H15Cl2N3/c1-14-11(15-2)16(3)7-8-4-5-9(12)10(13)6-8/h4-6H,7H2,1-3H3,(H,14,15). The normalized spacial score (nSPS) is 11.4. The van der Waals surface area contributed by atoms with Crippen LogP contribution in [0.4, 0.5) is 0 Å². The van der Waals surface area contributed by atoms with E-state index >= 15 is 0 Å². The van der Waals surface area contributed by atoms with Gasteiger partial charge in [0.05, 0.1) is 10.0 Å². The van der Waals surface area contributed by atoms with Crippen molar-refractivity contribution in [3.63, 3.8) is 0 Å². The summed E-state index contributed by atoms with van der Waals surface area (Å²) in [5, 5.41) is 4.17. The highest BCUT2D eigenvalue weighted by Gasteiger charge is 2.05. The molecule has 0 saturated carbocycles. The largest absolute Gasteiger partial charge is 0.359 e. The highest BCUT2D eigenvalue weighted by atomic mass is 35.5. The van der Waals surface area contributed by atoms with Crippen molar-refractivity contribution in [3.05, 3.63) is 33.8 Å². The highest BCUT2D eigenvalue weighted by molar-refractivity contribution is 6.42. The molecule has 1 aromatic rings. The lowest BCUT2D eigenvalue weighted by molar-refractivity contribution is 0.483. The van der Waals surface area contributed by atoms with Crippen molar-refractivity contribution in [2.75, 3.05) is 21.1 Å². The fourth-order valence-corrected chi connectivity index (χ4v) is 1.78. The molecular weight excluding hydrogens is 245 g/mol. The maximum absolute atomic E-state index is 5.95. The van der Waals surface area contributed by atoms with Crippen LogP contribution in [0.1, 0.15) is 5.56 Å². The van der Waals surface area contributed by atoms with Crippen LogP contribution in [0, 0.1) is 0 Å². The lowest BCUT2D eigenvalue weighted by Gasteiger charge is -2.20. The van der Waals surface area contributed by atoms with Crippen LogP contribution in [-0.2, 0) is 6.54 Å². The van der Waals surface area contributed by atoms with Gasteiger partial charge in [-0.2, -0.15) is 0 Å². The van der Waals surface area contributed by atoms with E-state index in [0.29, 0.717) is 10.0 Å². The Morgan fingerprint density at radius 2 is 2.06 bits per heavy atom. The van der Waals surface area contributed by atoms with Crippen molar-refractivity contribution < 1.29 is 0 Å². The predicted octanol–water partition coefficient (Wildman–Crippen LogP) is 2.63. The molecule has 0 aromatic heterocycles. The van der Waals surface area contributed by atoms with Crippen molar-refractivity contribution in [1.82, 2.24) is 10.2 Å². The van der Waals surface area contributed by atoms with Gasteiger partial charge in [0.1, 0.15) is 0 Å². The molecule has 88 valence electrons. The van der Waals surface area contributed by atoms with E-state index in [1.807, 2.05) is 31.1 Å². The summed E-state index contributed by atoms with van der Waals surface area (Å²) in [6, 6.07) is 5.62. The third-order valence-electron chi connectivity index (χ3n) is 2.20. The first-order valence-electron chi connectivity index (χ1n) is 4.88. The van der Waals surface area contributed by atoms with Gasteiger partial charge in [-0.1, -0.05) is 29.3 Å². The maximum Gasteiger partial charge on any atom is 0.193 e. The van der Waals surface area contributed by atoms with Crippen molar-refractivity contribution in [2.45, 2.75) is 6.54 Å². The monoisotopic (exact) mass is 259 g/mol. The number of aliphatic imine (C=N–C) groups is 1. The summed E-state index contributed by atoms with van der Waals surface area (Å²) in [4.78, 5) is 6.11. The van der Waals surface area contributed by atoms with Gasteiger partial charge >= 0.3 is 0 Å². The molecule has 0 aliphatic rings. The molecule has 3 nitrogen and oxygen atoms in total. The summed E-state index contributed by atoms with van der Waals surface area (Å²) in [5.41, 5.74) is 1.09. The van der Waals surface area contributed by atoms with Crippen LogP contribution in [0.25, 0.3) is 0 Å². The molecule has 16 heavy (non-hydrogen) atoms. The zero-order chi connectivity index (χ0) is 12.1. The second-order valence-electron chi connectivity index (χ2n) is 3.40. The van der Waals surface area contributed by atoms with Crippen LogP contribution < -0.4 is 5.32 Å². The summed E-state index contributed by atoms with van der Waals surface area (Å²) in [6.45, 7) is 0.727. The number of hydrogen-bond donors (Lipinski definition) is 1. The Balaban J connectivity index is 2.77. The number of guanidine groups is 1. The molecule has 0 amide bonds. The topological polar surface area (TPSA) is 27.6 Å². The minimum absolute atomic E-state index is 0.575. The van der Waals surface area contributed by atoms with E-state index in [-0.39, 0.29) is 0 Å². The number of benzene rings is 1. The van der Waals surface area contributed by atoms with Gasteiger partial charge in [-0.05, 0) is 17.7 Å². The molecule has 0 fully saturated rings. The Morgan fingerprint density at radius 1 is 1.38 bits per heavy atom. The van der Waals surface area contributed by atoms with Crippen molar-refractivity contribution >= 4 is 29.2 Å². The molecule has 0 bridgehead atoms. The van der Waals surface area contributed by atoms with Crippen LogP contribution in [0.2, 0.25) is 10.0 Å². The fourth-order valence-electron chi connectivity index (χ4n) is 1.46.